The molecule has 2 aromatic heterocycles. The highest BCUT2D eigenvalue weighted by atomic mass is 15.1. The molecule has 2 aliphatic carbocycles. The van der Waals surface area contributed by atoms with Gasteiger partial charge in [0.15, 0.2) is 0 Å². The highest BCUT2D eigenvalue weighted by Gasteiger charge is 2.39. The van der Waals surface area contributed by atoms with Crippen LogP contribution in [-0.4, -0.2) is 9.13 Å². The van der Waals surface area contributed by atoms with Crippen molar-refractivity contribution in [2.45, 2.75) is 38.5 Å². The summed E-state index contributed by atoms with van der Waals surface area (Å²) >= 11 is 0. The van der Waals surface area contributed by atoms with Gasteiger partial charge in [0.2, 0.25) is 0 Å². The lowest BCUT2D eigenvalue weighted by molar-refractivity contribution is 0.659. The number of rotatable bonds is 7. The minimum atomic E-state index is -0.265. The van der Waals surface area contributed by atoms with Gasteiger partial charge in [-0.2, -0.15) is 0 Å². The molecular weight excluding hydrogens is 955 g/mol. The lowest BCUT2D eigenvalue weighted by Gasteiger charge is -2.30. The van der Waals surface area contributed by atoms with Crippen LogP contribution in [0.5, 0.6) is 0 Å². The van der Waals surface area contributed by atoms with Gasteiger partial charge in [-0.05, 0) is 169 Å². The molecule has 0 saturated carbocycles. The van der Waals surface area contributed by atoms with Crippen LogP contribution in [0.3, 0.4) is 0 Å². The van der Waals surface area contributed by atoms with Crippen molar-refractivity contribution in [1.82, 2.24) is 9.13 Å². The SMILES string of the molecule is CC1(C)c2cc(-c3ccc4c5ccccc5n(-c5ccccc5)c4c3)ccc2-c2ccc(N(c3ccc(-c4cccc5ccccc45)cc3)c3ccc4c(c3)C(C)(C)c3cc(-n5c6ccccc6c6ccccc65)ccc3-4)cc21. The maximum Gasteiger partial charge on any atom is 0.0547 e. The lowest BCUT2D eigenvalue weighted by Crippen LogP contribution is -2.18. The molecule has 14 aromatic rings. The van der Waals surface area contributed by atoms with Crippen molar-refractivity contribution in [3.05, 3.63) is 283 Å². The second-order valence-electron chi connectivity index (χ2n) is 22.9. The average Bonchev–Trinajstić information content (AvgIpc) is 4.30. The number of nitrogens with zero attached hydrogens (tertiary/aromatic N) is 3. The molecular formula is C76H55N3. The second kappa shape index (κ2) is 16.9. The summed E-state index contributed by atoms with van der Waals surface area (Å²) in [7, 11) is 0. The normalized spacial score (nSPS) is 13.8. The molecule has 0 spiro atoms. The predicted octanol–water partition coefficient (Wildman–Crippen LogP) is 20.5. The van der Waals surface area contributed by atoms with E-state index in [1.807, 2.05) is 0 Å². The molecule has 79 heavy (non-hydrogen) atoms. The Morgan fingerprint density at radius 2 is 0.696 bits per heavy atom. The van der Waals surface area contributed by atoms with Crippen LogP contribution in [0, 0.1) is 0 Å². The molecule has 0 bridgehead atoms. The number of aromatic nitrogens is 2. The highest BCUT2D eigenvalue weighted by molar-refractivity contribution is 6.11. The summed E-state index contributed by atoms with van der Waals surface area (Å²) in [5, 5.41) is 7.59. The van der Waals surface area contributed by atoms with Crippen LogP contribution >= 0.6 is 0 Å². The Labute approximate surface area is 460 Å². The van der Waals surface area contributed by atoms with Crippen molar-refractivity contribution in [2.75, 3.05) is 4.90 Å². The standard InChI is InChI=1S/C76H55N3/c1-75(2)67-43-50(51-32-39-66-65-24-12-13-26-71(65)78(74(66)44-51)52-19-6-5-7-20-52)31-38-59(67)60-40-35-54(45-68(60)75)77(53-33-29-49(30-34-53)58-25-16-18-48-17-8-9-21-57(48)58)55-36-41-61-62-42-37-56(47-70(62)76(3,4)69(61)46-55)79-72-27-14-10-22-63(72)64-23-11-15-28-73(64)79/h5-47H,1-4H3. The molecule has 2 heterocycles. The number of para-hydroxylation sites is 4. The maximum atomic E-state index is 2.49. The Hall–Kier alpha value is -9.70. The monoisotopic (exact) mass is 1010 g/mol. The number of hydrogen-bond donors (Lipinski definition) is 0. The summed E-state index contributed by atoms with van der Waals surface area (Å²) in [6.07, 6.45) is 0. The first-order chi connectivity index (χ1) is 38.7. The van der Waals surface area contributed by atoms with Crippen LogP contribution in [0.4, 0.5) is 17.1 Å². The molecule has 0 aliphatic heterocycles. The molecule has 0 fully saturated rings. The van der Waals surface area contributed by atoms with Gasteiger partial charge in [0.05, 0.1) is 22.1 Å². The second-order valence-corrected chi connectivity index (χ2v) is 22.9. The summed E-state index contributed by atoms with van der Waals surface area (Å²) in [4.78, 5) is 2.49. The Morgan fingerprint density at radius 1 is 0.266 bits per heavy atom. The molecule has 12 aromatic carbocycles. The lowest BCUT2D eigenvalue weighted by atomic mass is 9.81. The fourth-order valence-corrected chi connectivity index (χ4v) is 14.0. The third-order valence-electron chi connectivity index (χ3n) is 17.9. The zero-order valence-electron chi connectivity index (χ0n) is 44.7. The van der Waals surface area contributed by atoms with Gasteiger partial charge in [-0.1, -0.05) is 198 Å². The fraction of sp³-hybridized carbons (Fsp3) is 0.0789. The van der Waals surface area contributed by atoms with E-state index in [-0.39, 0.29) is 10.8 Å². The van der Waals surface area contributed by atoms with Crippen molar-refractivity contribution < 1.29 is 0 Å². The Bertz CT molecular complexity index is 4780. The van der Waals surface area contributed by atoms with E-state index < -0.39 is 0 Å². The van der Waals surface area contributed by atoms with Crippen molar-refractivity contribution in [2.24, 2.45) is 0 Å². The molecule has 16 rings (SSSR count). The number of hydrogen-bond acceptors (Lipinski definition) is 1. The van der Waals surface area contributed by atoms with Gasteiger partial charge >= 0.3 is 0 Å². The number of anilines is 3. The van der Waals surface area contributed by atoms with Crippen LogP contribution in [-0.2, 0) is 10.8 Å². The maximum absolute atomic E-state index is 2.49. The first-order valence-corrected chi connectivity index (χ1v) is 27.7. The van der Waals surface area contributed by atoms with Gasteiger partial charge in [-0.25, -0.2) is 0 Å². The minimum Gasteiger partial charge on any atom is -0.310 e. The van der Waals surface area contributed by atoms with E-state index in [2.05, 4.69) is 303 Å². The first kappa shape index (κ1) is 45.5. The summed E-state index contributed by atoms with van der Waals surface area (Å²) in [6.45, 7) is 9.64. The molecule has 0 N–H and O–H groups in total. The molecule has 0 saturated heterocycles. The predicted molar refractivity (Wildman–Crippen MR) is 333 cm³/mol. The van der Waals surface area contributed by atoms with Gasteiger partial charge in [0.1, 0.15) is 0 Å². The molecule has 3 heteroatoms. The molecule has 0 amide bonds. The van der Waals surface area contributed by atoms with Crippen LogP contribution in [0.25, 0.3) is 110 Å². The molecule has 2 aliphatic rings. The smallest absolute Gasteiger partial charge is 0.0547 e. The third-order valence-corrected chi connectivity index (χ3v) is 17.9. The Balaban J connectivity index is 0.805. The average molecular weight is 1010 g/mol. The number of benzene rings is 12. The van der Waals surface area contributed by atoms with E-state index in [4.69, 9.17) is 0 Å². The van der Waals surface area contributed by atoms with Crippen LogP contribution in [0.1, 0.15) is 49.9 Å². The zero-order chi connectivity index (χ0) is 52.7. The molecule has 0 radical (unpaired) electrons. The van der Waals surface area contributed by atoms with Gasteiger partial charge in [0.25, 0.3) is 0 Å². The Morgan fingerprint density at radius 3 is 1.32 bits per heavy atom. The topological polar surface area (TPSA) is 13.1 Å². The zero-order valence-corrected chi connectivity index (χ0v) is 44.7. The first-order valence-electron chi connectivity index (χ1n) is 27.7. The van der Waals surface area contributed by atoms with Crippen molar-refractivity contribution in [1.29, 1.82) is 0 Å². The van der Waals surface area contributed by atoms with Gasteiger partial charge < -0.3 is 14.0 Å². The fourth-order valence-electron chi connectivity index (χ4n) is 14.0. The van der Waals surface area contributed by atoms with E-state index in [0.717, 1.165) is 17.1 Å². The van der Waals surface area contributed by atoms with Crippen LogP contribution < -0.4 is 4.90 Å². The van der Waals surface area contributed by atoms with Crippen LogP contribution in [0.15, 0.2) is 261 Å². The Kier molecular flexibility index (Phi) is 9.73. The van der Waals surface area contributed by atoms with E-state index >= 15 is 0 Å². The van der Waals surface area contributed by atoms with Crippen molar-refractivity contribution >= 4 is 71.4 Å². The largest absolute Gasteiger partial charge is 0.310 e. The third kappa shape index (κ3) is 6.72. The van der Waals surface area contributed by atoms with E-state index in [9.17, 15) is 0 Å². The molecule has 0 atom stereocenters. The summed E-state index contributed by atoms with van der Waals surface area (Å²) in [6, 6.07) is 97.4. The van der Waals surface area contributed by atoms with E-state index in [0.29, 0.717) is 0 Å². The summed E-state index contributed by atoms with van der Waals surface area (Å²) < 4.78 is 4.86. The molecule has 0 unspecified atom stereocenters. The summed E-state index contributed by atoms with van der Waals surface area (Å²) in [5.41, 5.74) is 25.5. The van der Waals surface area contributed by atoms with Crippen molar-refractivity contribution in [3.8, 4) is 55.9 Å². The highest BCUT2D eigenvalue weighted by Crippen LogP contribution is 2.54. The quantitative estimate of drug-likeness (QED) is 0.155. The summed E-state index contributed by atoms with van der Waals surface area (Å²) in [5.74, 6) is 0. The molecule has 3 nitrogen and oxygen atoms in total. The van der Waals surface area contributed by atoms with Crippen molar-refractivity contribution in [3.63, 3.8) is 0 Å². The van der Waals surface area contributed by atoms with E-state index in [1.165, 1.54) is 133 Å². The minimum absolute atomic E-state index is 0.263. The van der Waals surface area contributed by atoms with E-state index in [1.54, 1.807) is 0 Å². The molecule has 374 valence electrons. The van der Waals surface area contributed by atoms with Crippen LogP contribution in [0.2, 0.25) is 0 Å². The van der Waals surface area contributed by atoms with Gasteiger partial charge in [-0.3, -0.25) is 0 Å². The number of fused-ring (bicyclic) bond motifs is 13. The van der Waals surface area contributed by atoms with Gasteiger partial charge in [0, 0.05) is 60.8 Å². The van der Waals surface area contributed by atoms with Gasteiger partial charge in [-0.15, -0.1) is 0 Å².